The molecule has 0 aliphatic rings. The van der Waals surface area contributed by atoms with Crippen molar-refractivity contribution in [2.45, 2.75) is 60.8 Å². The maximum atomic E-state index is 13.3. The Morgan fingerprint density at radius 3 is 1.90 bits per heavy atom. The van der Waals surface area contributed by atoms with Crippen LogP contribution in [0.1, 0.15) is 57.0 Å². The van der Waals surface area contributed by atoms with Gasteiger partial charge in [-0.25, -0.2) is 9.25 Å². The van der Waals surface area contributed by atoms with Gasteiger partial charge in [0.15, 0.2) is 5.75 Å². The van der Waals surface area contributed by atoms with Crippen LogP contribution in [0.2, 0.25) is 0 Å². The number of aromatic nitrogens is 2. The highest BCUT2D eigenvalue weighted by atomic mass is 31.2. The first-order chi connectivity index (χ1) is 14.2. The lowest BCUT2D eigenvalue weighted by atomic mass is 9.89. The van der Waals surface area contributed by atoms with Gasteiger partial charge in [0, 0.05) is 7.05 Å². The van der Waals surface area contributed by atoms with Crippen LogP contribution in [0.4, 0.5) is 0 Å². The number of hydrogen-bond donors (Lipinski definition) is 0. The summed E-state index contributed by atoms with van der Waals surface area (Å²) in [6.45, 7) is 11.7. The lowest BCUT2D eigenvalue weighted by Gasteiger charge is -2.22. The summed E-state index contributed by atoms with van der Waals surface area (Å²) in [6.07, 6.45) is 2.39. The third-order valence-electron chi connectivity index (χ3n) is 4.92. The molecule has 0 aliphatic carbocycles. The molecule has 0 radical (unpaired) electrons. The predicted octanol–water partition coefficient (Wildman–Crippen LogP) is 5.00. The van der Waals surface area contributed by atoms with E-state index in [2.05, 4.69) is 38.0 Å². The summed E-state index contributed by atoms with van der Waals surface area (Å²) >= 11 is 0. The van der Waals surface area contributed by atoms with E-state index < -0.39 is 7.82 Å². The summed E-state index contributed by atoms with van der Waals surface area (Å²) in [4.78, 5) is 13.3. The second-order valence-electron chi connectivity index (χ2n) is 6.94. The SMILES string of the molecule is CCOP(=O)(OCC)Oc1c(C)nn(C)c(=O)c1-c1c(CC)cc(CC)cc1CC. The van der Waals surface area contributed by atoms with Gasteiger partial charge in [-0.15, -0.1) is 0 Å². The molecular weight excluding hydrogens is 403 g/mol. The number of phosphoric ester groups is 1. The van der Waals surface area contributed by atoms with Crippen molar-refractivity contribution in [3.05, 3.63) is 44.9 Å². The Labute approximate surface area is 179 Å². The molecule has 0 atom stereocenters. The molecule has 166 valence electrons. The minimum atomic E-state index is -3.90. The topological polar surface area (TPSA) is 79.7 Å². The van der Waals surface area contributed by atoms with Gasteiger partial charge in [0.1, 0.15) is 5.69 Å². The van der Waals surface area contributed by atoms with Gasteiger partial charge in [-0.05, 0) is 62.3 Å². The molecule has 0 saturated carbocycles. The second-order valence-corrected chi connectivity index (χ2v) is 8.54. The minimum absolute atomic E-state index is 0.148. The number of nitrogens with zero attached hydrogens (tertiary/aromatic N) is 2. The molecule has 1 aromatic carbocycles. The summed E-state index contributed by atoms with van der Waals surface area (Å²) in [7, 11) is -2.30. The van der Waals surface area contributed by atoms with Gasteiger partial charge in [0.25, 0.3) is 5.56 Å². The number of rotatable bonds is 10. The molecule has 1 heterocycles. The highest BCUT2D eigenvalue weighted by molar-refractivity contribution is 7.48. The van der Waals surface area contributed by atoms with Crippen LogP contribution < -0.4 is 10.1 Å². The van der Waals surface area contributed by atoms with Crippen LogP contribution in [0, 0.1) is 6.92 Å². The average molecular weight is 436 g/mol. The highest BCUT2D eigenvalue weighted by Crippen LogP contribution is 2.51. The van der Waals surface area contributed by atoms with Crippen molar-refractivity contribution in [3.63, 3.8) is 0 Å². The molecule has 0 amide bonds. The molecule has 2 rings (SSSR count). The van der Waals surface area contributed by atoms with E-state index in [1.807, 2.05) is 0 Å². The van der Waals surface area contributed by atoms with Gasteiger partial charge in [0.2, 0.25) is 0 Å². The van der Waals surface area contributed by atoms with E-state index in [0.717, 1.165) is 36.0 Å². The molecule has 0 N–H and O–H groups in total. The third-order valence-corrected chi connectivity index (χ3v) is 6.48. The summed E-state index contributed by atoms with van der Waals surface area (Å²) in [5.74, 6) is 0.150. The lowest BCUT2D eigenvalue weighted by molar-refractivity contribution is 0.167. The Bertz CT molecular complexity index is 965. The molecule has 0 saturated heterocycles. The molecule has 0 fully saturated rings. The van der Waals surface area contributed by atoms with Crippen molar-refractivity contribution in [1.82, 2.24) is 9.78 Å². The fourth-order valence-electron chi connectivity index (χ4n) is 3.53. The Morgan fingerprint density at radius 2 is 1.47 bits per heavy atom. The van der Waals surface area contributed by atoms with Gasteiger partial charge in [0.05, 0.1) is 18.8 Å². The van der Waals surface area contributed by atoms with Crippen LogP contribution in [0.15, 0.2) is 16.9 Å². The van der Waals surface area contributed by atoms with Crippen molar-refractivity contribution in [2.75, 3.05) is 13.2 Å². The van der Waals surface area contributed by atoms with E-state index >= 15 is 0 Å². The molecular formula is C22H33N2O5P. The molecule has 1 aromatic heterocycles. The Balaban J connectivity index is 2.88. The normalized spacial score (nSPS) is 11.7. The first-order valence-corrected chi connectivity index (χ1v) is 12.0. The zero-order valence-corrected chi connectivity index (χ0v) is 20.0. The molecule has 0 spiro atoms. The van der Waals surface area contributed by atoms with Crippen LogP contribution in [-0.4, -0.2) is 23.0 Å². The number of phosphoric acid groups is 1. The Kier molecular flexibility index (Phi) is 8.42. The van der Waals surface area contributed by atoms with E-state index in [-0.39, 0.29) is 24.5 Å². The van der Waals surface area contributed by atoms with E-state index in [4.69, 9.17) is 13.6 Å². The molecule has 8 heteroatoms. The monoisotopic (exact) mass is 436 g/mol. The van der Waals surface area contributed by atoms with E-state index in [1.54, 1.807) is 27.8 Å². The fraction of sp³-hybridized carbons (Fsp3) is 0.545. The maximum absolute atomic E-state index is 13.3. The molecule has 0 bridgehead atoms. The van der Waals surface area contributed by atoms with Crippen molar-refractivity contribution in [2.24, 2.45) is 7.05 Å². The molecule has 0 aliphatic heterocycles. The third kappa shape index (κ3) is 5.02. The smallest absolute Gasteiger partial charge is 0.401 e. The van der Waals surface area contributed by atoms with Crippen molar-refractivity contribution in [1.29, 1.82) is 0 Å². The summed E-state index contributed by atoms with van der Waals surface area (Å²) in [5, 5.41) is 4.26. The van der Waals surface area contributed by atoms with Gasteiger partial charge < -0.3 is 4.52 Å². The predicted molar refractivity (Wildman–Crippen MR) is 119 cm³/mol. The summed E-state index contributed by atoms with van der Waals surface area (Å²) in [6, 6.07) is 4.25. The first-order valence-electron chi connectivity index (χ1n) is 10.6. The average Bonchev–Trinajstić information content (AvgIpc) is 2.71. The van der Waals surface area contributed by atoms with Gasteiger partial charge >= 0.3 is 7.82 Å². The maximum Gasteiger partial charge on any atom is 0.530 e. The zero-order valence-electron chi connectivity index (χ0n) is 19.1. The Hall–Kier alpha value is -1.95. The zero-order chi connectivity index (χ0) is 22.5. The number of aryl methyl sites for hydroxylation is 5. The van der Waals surface area contributed by atoms with Crippen LogP contribution >= 0.6 is 7.82 Å². The summed E-state index contributed by atoms with van der Waals surface area (Å²) < 4.78 is 30.9. The largest absolute Gasteiger partial charge is 0.530 e. The molecule has 30 heavy (non-hydrogen) atoms. The second kappa shape index (κ2) is 10.4. The van der Waals surface area contributed by atoms with Gasteiger partial charge in [-0.2, -0.15) is 5.10 Å². The molecule has 7 nitrogen and oxygen atoms in total. The quantitative estimate of drug-likeness (QED) is 0.488. The van der Waals surface area contributed by atoms with E-state index in [0.29, 0.717) is 11.3 Å². The molecule has 0 unspecified atom stereocenters. The van der Waals surface area contributed by atoms with Crippen LogP contribution in [0.3, 0.4) is 0 Å². The van der Waals surface area contributed by atoms with Gasteiger partial charge in [-0.3, -0.25) is 13.8 Å². The van der Waals surface area contributed by atoms with Crippen LogP contribution in [-0.2, 0) is 39.9 Å². The standard InChI is InChI=1S/C22H33N2O5P/c1-8-16-13-17(9-2)19(18(10-3)14-16)20-21(15(6)23-24(7)22(20)25)29-30(26,27-11-4)28-12-5/h13-14H,8-12H2,1-7H3. The van der Waals surface area contributed by atoms with Crippen molar-refractivity contribution >= 4 is 7.82 Å². The fourth-order valence-corrected chi connectivity index (χ4v) is 4.79. The van der Waals surface area contributed by atoms with Crippen molar-refractivity contribution < 1.29 is 18.1 Å². The van der Waals surface area contributed by atoms with Crippen LogP contribution in [0.5, 0.6) is 5.75 Å². The van der Waals surface area contributed by atoms with Crippen molar-refractivity contribution in [3.8, 4) is 16.9 Å². The van der Waals surface area contributed by atoms with Gasteiger partial charge in [-0.1, -0.05) is 32.9 Å². The highest BCUT2D eigenvalue weighted by Gasteiger charge is 2.32. The van der Waals surface area contributed by atoms with E-state index in [1.165, 1.54) is 10.2 Å². The first kappa shape index (κ1) is 24.3. The van der Waals surface area contributed by atoms with Crippen LogP contribution in [0.25, 0.3) is 11.1 Å². The number of benzene rings is 1. The summed E-state index contributed by atoms with van der Waals surface area (Å²) in [5.41, 5.74) is 4.59. The van der Waals surface area contributed by atoms with E-state index in [9.17, 15) is 9.36 Å². The number of hydrogen-bond acceptors (Lipinski definition) is 6. The minimum Gasteiger partial charge on any atom is -0.401 e. The Morgan fingerprint density at radius 1 is 0.933 bits per heavy atom. The molecule has 2 aromatic rings. The lowest BCUT2D eigenvalue weighted by Crippen LogP contribution is -2.24.